The van der Waals surface area contributed by atoms with Crippen LogP contribution in [-0.2, 0) is 0 Å². The monoisotopic (exact) mass is 189 g/mol. The average Bonchev–Trinajstić information content (AvgIpc) is 1.96. The molecule has 1 atom stereocenters. The summed E-state index contributed by atoms with van der Waals surface area (Å²) in [5.41, 5.74) is 0. The first-order valence-corrected chi connectivity index (χ1v) is 3.35. The molecule has 1 aliphatic heterocycles. The SMILES string of the molecule is Cl.FC1CCNCCC1(F)F. The van der Waals surface area contributed by atoms with Crippen molar-refractivity contribution in [2.24, 2.45) is 0 Å². The third-order valence-corrected chi connectivity index (χ3v) is 1.67. The van der Waals surface area contributed by atoms with Crippen molar-refractivity contribution < 1.29 is 13.2 Å². The van der Waals surface area contributed by atoms with Gasteiger partial charge < -0.3 is 5.32 Å². The highest BCUT2D eigenvalue weighted by Gasteiger charge is 2.40. The van der Waals surface area contributed by atoms with Crippen molar-refractivity contribution in [3.05, 3.63) is 0 Å². The molecule has 1 fully saturated rings. The van der Waals surface area contributed by atoms with E-state index in [0.717, 1.165) is 0 Å². The van der Waals surface area contributed by atoms with E-state index >= 15 is 0 Å². The van der Waals surface area contributed by atoms with Crippen molar-refractivity contribution in [3.8, 4) is 0 Å². The summed E-state index contributed by atoms with van der Waals surface area (Å²) in [6.45, 7) is 0.574. The summed E-state index contributed by atoms with van der Waals surface area (Å²) in [4.78, 5) is 0. The zero-order chi connectivity index (χ0) is 7.61. The van der Waals surface area contributed by atoms with Crippen LogP contribution in [0.2, 0.25) is 0 Å². The van der Waals surface area contributed by atoms with E-state index in [0.29, 0.717) is 6.54 Å². The van der Waals surface area contributed by atoms with Crippen molar-refractivity contribution in [2.45, 2.75) is 24.9 Å². The molecule has 0 bridgehead atoms. The van der Waals surface area contributed by atoms with Crippen LogP contribution >= 0.6 is 12.4 Å². The van der Waals surface area contributed by atoms with Crippen LogP contribution in [0.3, 0.4) is 0 Å². The number of hydrogen-bond donors (Lipinski definition) is 1. The highest BCUT2D eigenvalue weighted by Crippen LogP contribution is 2.28. The number of hydrogen-bond acceptors (Lipinski definition) is 1. The van der Waals surface area contributed by atoms with Gasteiger partial charge in [0, 0.05) is 13.0 Å². The van der Waals surface area contributed by atoms with E-state index in [4.69, 9.17) is 0 Å². The molecular formula is C6H11ClF3N. The molecule has 0 aromatic rings. The van der Waals surface area contributed by atoms with Crippen LogP contribution in [0.1, 0.15) is 12.8 Å². The van der Waals surface area contributed by atoms with Crippen LogP contribution in [0.25, 0.3) is 0 Å². The smallest absolute Gasteiger partial charge is 0.279 e. The van der Waals surface area contributed by atoms with Crippen LogP contribution in [0.15, 0.2) is 0 Å². The average molecular weight is 190 g/mol. The second-order valence-corrected chi connectivity index (χ2v) is 2.52. The minimum absolute atomic E-state index is 0. The van der Waals surface area contributed by atoms with Crippen molar-refractivity contribution in [2.75, 3.05) is 13.1 Å². The Morgan fingerprint density at radius 3 is 2.55 bits per heavy atom. The minimum atomic E-state index is -3.11. The Morgan fingerprint density at radius 2 is 1.91 bits per heavy atom. The molecule has 0 saturated carbocycles. The van der Waals surface area contributed by atoms with E-state index in [2.05, 4.69) is 5.32 Å². The number of halogens is 4. The third-order valence-electron chi connectivity index (χ3n) is 1.67. The number of alkyl halides is 3. The largest absolute Gasteiger partial charge is 0.316 e. The van der Waals surface area contributed by atoms with E-state index in [1.807, 2.05) is 0 Å². The normalized spacial score (nSPS) is 30.3. The van der Waals surface area contributed by atoms with Gasteiger partial charge in [-0.1, -0.05) is 0 Å². The van der Waals surface area contributed by atoms with Crippen LogP contribution in [0.5, 0.6) is 0 Å². The predicted molar refractivity (Wildman–Crippen MR) is 39.2 cm³/mol. The second-order valence-electron chi connectivity index (χ2n) is 2.52. The molecule has 1 heterocycles. The van der Waals surface area contributed by atoms with Crippen molar-refractivity contribution >= 4 is 12.4 Å². The lowest BCUT2D eigenvalue weighted by molar-refractivity contribution is -0.0732. The molecule has 0 spiro atoms. The maximum atomic E-state index is 12.4. The second kappa shape index (κ2) is 4.16. The first-order valence-electron chi connectivity index (χ1n) is 3.35. The van der Waals surface area contributed by atoms with E-state index in [1.54, 1.807) is 0 Å². The Balaban J connectivity index is 0.000001000. The zero-order valence-electron chi connectivity index (χ0n) is 5.95. The van der Waals surface area contributed by atoms with Gasteiger partial charge in [-0.2, -0.15) is 0 Å². The molecule has 68 valence electrons. The fourth-order valence-corrected chi connectivity index (χ4v) is 0.977. The molecule has 0 aliphatic carbocycles. The minimum Gasteiger partial charge on any atom is -0.316 e. The van der Waals surface area contributed by atoms with Crippen LogP contribution in [-0.4, -0.2) is 25.2 Å². The lowest BCUT2D eigenvalue weighted by Gasteiger charge is -2.16. The van der Waals surface area contributed by atoms with E-state index in [-0.39, 0.29) is 31.8 Å². The van der Waals surface area contributed by atoms with Gasteiger partial charge in [-0.3, -0.25) is 0 Å². The molecule has 1 nitrogen and oxygen atoms in total. The van der Waals surface area contributed by atoms with E-state index in [9.17, 15) is 13.2 Å². The molecule has 1 rings (SSSR count). The Hall–Kier alpha value is 0.0400. The summed E-state index contributed by atoms with van der Waals surface area (Å²) >= 11 is 0. The Bertz CT molecular complexity index is 120. The van der Waals surface area contributed by atoms with Gasteiger partial charge in [0.2, 0.25) is 0 Å². The highest BCUT2D eigenvalue weighted by atomic mass is 35.5. The molecule has 0 radical (unpaired) electrons. The Labute approximate surface area is 69.8 Å². The molecule has 1 unspecified atom stereocenters. The van der Waals surface area contributed by atoms with Gasteiger partial charge >= 0.3 is 0 Å². The molecule has 0 aromatic heterocycles. The number of rotatable bonds is 0. The molecular weight excluding hydrogens is 179 g/mol. The molecule has 1 saturated heterocycles. The van der Waals surface area contributed by atoms with Crippen LogP contribution in [0.4, 0.5) is 13.2 Å². The van der Waals surface area contributed by atoms with Crippen molar-refractivity contribution in [3.63, 3.8) is 0 Å². The summed E-state index contributed by atoms with van der Waals surface area (Å²) in [6.07, 6.45) is -2.41. The molecule has 1 aliphatic rings. The Kier molecular flexibility index (Phi) is 4.18. The summed E-state index contributed by atoms with van der Waals surface area (Å²) < 4.78 is 37.3. The lowest BCUT2D eigenvalue weighted by Crippen LogP contribution is -2.29. The third kappa shape index (κ3) is 2.87. The van der Waals surface area contributed by atoms with Gasteiger partial charge in [-0.25, -0.2) is 13.2 Å². The van der Waals surface area contributed by atoms with E-state index in [1.165, 1.54) is 0 Å². The van der Waals surface area contributed by atoms with Gasteiger partial charge in [0.15, 0.2) is 6.17 Å². The fraction of sp³-hybridized carbons (Fsp3) is 1.00. The maximum Gasteiger partial charge on any atom is 0.279 e. The van der Waals surface area contributed by atoms with Gasteiger partial charge in [0.1, 0.15) is 0 Å². The Morgan fingerprint density at radius 1 is 1.27 bits per heavy atom. The summed E-state index contributed by atoms with van der Waals surface area (Å²) in [5.74, 6) is -3.11. The standard InChI is InChI=1S/C6H10F3N.ClH/c7-5-1-3-10-4-2-6(5,8)9;/h5,10H,1-4H2;1H. The molecule has 5 heteroatoms. The summed E-state index contributed by atoms with van der Waals surface area (Å²) in [5, 5.41) is 2.71. The highest BCUT2D eigenvalue weighted by molar-refractivity contribution is 5.85. The first-order chi connectivity index (χ1) is 4.63. The van der Waals surface area contributed by atoms with E-state index < -0.39 is 12.1 Å². The zero-order valence-corrected chi connectivity index (χ0v) is 6.76. The predicted octanol–water partition coefficient (Wildman–Crippen LogP) is 1.77. The van der Waals surface area contributed by atoms with Gasteiger partial charge in [-0.05, 0) is 13.0 Å². The summed E-state index contributed by atoms with van der Waals surface area (Å²) in [7, 11) is 0. The quantitative estimate of drug-likeness (QED) is 0.613. The van der Waals surface area contributed by atoms with Crippen LogP contribution in [0, 0.1) is 0 Å². The maximum absolute atomic E-state index is 12.4. The molecule has 0 aromatic carbocycles. The lowest BCUT2D eigenvalue weighted by atomic mass is 10.1. The van der Waals surface area contributed by atoms with Gasteiger partial charge in [0.05, 0.1) is 0 Å². The van der Waals surface area contributed by atoms with Crippen molar-refractivity contribution in [1.82, 2.24) is 5.32 Å². The van der Waals surface area contributed by atoms with Crippen LogP contribution < -0.4 is 5.32 Å². The summed E-state index contributed by atoms with van der Waals surface area (Å²) in [6, 6.07) is 0. The molecule has 1 N–H and O–H groups in total. The fourth-order valence-electron chi connectivity index (χ4n) is 0.977. The molecule has 11 heavy (non-hydrogen) atoms. The number of nitrogens with one attached hydrogen (secondary N) is 1. The van der Waals surface area contributed by atoms with Gasteiger partial charge in [0.25, 0.3) is 5.92 Å². The first kappa shape index (κ1) is 11.0. The van der Waals surface area contributed by atoms with Crippen molar-refractivity contribution in [1.29, 1.82) is 0 Å². The topological polar surface area (TPSA) is 12.0 Å². The molecule has 0 amide bonds. The van der Waals surface area contributed by atoms with Gasteiger partial charge in [-0.15, -0.1) is 12.4 Å².